The molecule has 0 spiro atoms. The summed E-state index contributed by atoms with van der Waals surface area (Å²) in [6.07, 6.45) is 4.14. The Labute approximate surface area is 169 Å². The standard InChI is InChI=1S/C18H15Cl2N5O3/c19-11-6-21-7-12(20)15(11)16(26)24-14(17(27)28)9-23-18-22-8-13(25-18)10-4-2-1-3-5-10/h1-8,14H,9H2,(H,24,26)(H,27,28)(H2,22,23,25)/t14-/m0/s1. The summed E-state index contributed by atoms with van der Waals surface area (Å²) in [6, 6.07) is 8.29. The van der Waals surface area contributed by atoms with E-state index in [4.69, 9.17) is 23.2 Å². The maximum absolute atomic E-state index is 12.4. The number of halogens is 2. The molecule has 144 valence electrons. The Balaban J connectivity index is 1.67. The zero-order valence-electron chi connectivity index (χ0n) is 14.3. The van der Waals surface area contributed by atoms with Crippen molar-refractivity contribution in [3.63, 3.8) is 0 Å². The first-order valence-electron chi connectivity index (χ1n) is 8.12. The molecule has 3 aromatic rings. The number of amides is 1. The van der Waals surface area contributed by atoms with Crippen LogP contribution in [0.3, 0.4) is 0 Å². The number of carbonyl (C=O) groups is 2. The van der Waals surface area contributed by atoms with E-state index >= 15 is 0 Å². The fraction of sp³-hybridized carbons (Fsp3) is 0.111. The van der Waals surface area contributed by atoms with Crippen LogP contribution in [0.4, 0.5) is 5.95 Å². The van der Waals surface area contributed by atoms with Crippen molar-refractivity contribution in [1.29, 1.82) is 0 Å². The Kier molecular flexibility index (Phi) is 6.13. The summed E-state index contributed by atoms with van der Waals surface area (Å²) in [4.78, 5) is 34.9. The molecule has 0 unspecified atom stereocenters. The van der Waals surface area contributed by atoms with Gasteiger partial charge in [0.15, 0.2) is 0 Å². The van der Waals surface area contributed by atoms with E-state index in [1.165, 1.54) is 12.4 Å². The molecule has 0 fully saturated rings. The lowest BCUT2D eigenvalue weighted by Crippen LogP contribution is -2.45. The van der Waals surface area contributed by atoms with Gasteiger partial charge in [-0.2, -0.15) is 0 Å². The third-order valence-corrected chi connectivity index (χ3v) is 4.39. The third kappa shape index (κ3) is 4.59. The van der Waals surface area contributed by atoms with Crippen molar-refractivity contribution in [3.05, 3.63) is 64.5 Å². The van der Waals surface area contributed by atoms with Gasteiger partial charge in [-0.05, 0) is 5.56 Å². The number of hydrogen-bond acceptors (Lipinski definition) is 5. The van der Waals surface area contributed by atoms with Crippen LogP contribution < -0.4 is 10.6 Å². The summed E-state index contributed by atoms with van der Waals surface area (Å²) in [6.45, 7) is -0.108. The van der Waals surface area contributed by atoms with Gasteiger partial charge in [-0.25, -0.2) is 9.78 Å². The Morgan fingerprint density at radius 3 is 2.43 bits per heavy atom. The van der Waals surface area contributed by atoms with Crippen LogP contribution in [0.2, 0.25) is 10.0 Å². The zero-order valence-corrected chi connectivity index (χ0v) is 15.8. The van der Waals surface area contributed by atoms with Gasteiger partial charge in [0, 0.05) is 18.9 Å². The number of rotatable bonds is 7. The predicted octanol–water partition coefficient (Wildman–Crippen LogP) is 3.07. The van der Waals surface area contributed by atoms with E-state index in [-0.39, 0.29) is 22.2 Å². The number of aromatic amines is 1. The molecule has 28 heavy (non-hydrogen) atoms. The SMILES string of the molecule is O=C(N[C@@H](CNc1ncc(-c2ccccc2)[nH]1)C(=O)O)c1c(Cl)cncc1Cl. The van der Waals surface area contributed by atoms with Crippen molar-refractivity contribution < 1.29 is 14.7 Å². The summed E-state index contributed by atoms with van der Waals surface area (Å²) in [7, 11) is 0. The van der Waals surface area contributed by atoms with Crippen molar-refractivity contribution >= 4 is 41.0 Å². The molecule has 3 rings (SSSR count). The van der Waals surface area contributed by atoms with Crippen LogP contribution in [-0.2, 0) is 4.79 Å². The quantitative estimate of drug-likeness (QED) is 0.466. The Hall–Kier alpha value is -3.10. The average molecular weight is 420 g/mol. The molecule has 0 bridgehead atoms. The van der Waals surface area contributed by atoms with Crippen molar-refractivity contribution in [3.8, 4) is 11.3 Å². The highest BCUT2D eigenvalue weighted by molar-refractivity contribution is 6.39. The van der Waals surface area contributed by atoms with Crippen molar-refractivity contribution in [2.45, 2.75) is 6.04 Å². The van der Waals surface area contributed by atoms with Crippen LogP contribution in [0, 0.1) is 0 Å². The minimum atomic E-state index is -1.24. The van der Waals surface area contributed by atoms with Crippen LogP contribution in [0.5, 0.6) is 0 Å². The number of imidazole rings is 1. The highest BCUT2D eigenvalue weighted by atomic mass is 35.5. The van der Waals surface area contributed by atoms with Gasteiger partial charge in [0.1, 0.15) is 6.04 Å². The molecule has 0 radical (unpaired) electrons. The van der Waals surface area contributed by atoms with Gasteiger partial charge in [0.05, 0.1) is 27.5 Å². The van der Waals surface area contributed by atoms with Crippen LogP contribution in [0.25, 0.3) is 11.3 Å². The lowest BCUT2D eigenvalue weighted by molar-refractivity contribution is -0.138. The summed E-state index contributed by atoms with van der Waals surface area (Å²) in [5, 5.41) is 14.7. The second-order valence-corrected chi connectivity index (χ2v) is 6.55. The van der Waals surface area contributed by atoms with E-state index in [0.29, 0.717) is 5.95 Å². The van der Waals surface area contributed by atoms with Gasteiger partial charge < -0.3 is 20.7 Å². The zero-order chi connectivity index (χ0) is 20.1. The molecule has 2 aromatic heterocycles. The first kappa shape index (κ1) is 19.7. The molecule has 0 saturated heterocycles. The Bertz CT molecular complexity index is 974. The monoisotopic (exact) mass is 419 g/mol. The molecule has 1 amide bonds. The number of nitrogens with one attached hydrogen (secondary N) is 3. The highest BCUT2D eigenvalue weighted by Gasteiger charge is 2.24. The molecule has 10 heteroatoms. The largest absolute Gasteiger partial charge is 0.480 e. The number of carbonyl (C=O) groups excluding carboxylic acids is 1. The second-order valence-electron chi connectivity index (χ2n) is 5.73. The number of benzene rings is 1. The number of pyridine rings is 1. The maximum atomic E-state index is 12.4. The molecular weight excluding hydrogens is 405 g/mol. The fourth-order valence-electron chi connectivity index (χ4n) is 2.43. The molecule has 1 atom stereocenters. The van der Waals surface area contributed by atoms with Crippen LogP contribution in [0.1, 0.15) is 10.4 Å². The number of anilines is 1. The molecule has 0 aliphatic carbocycles. The van der Waals surface area contributed by atoms with Gasteiger partial charge >= 0.3 is 5.97 Å². The lowest BCUT2D eigenvalue weighted by atomic mass is 10.2. The Morgan fingerprint density at radius 2 is 1.79 bits per heavy atom. The first-order chi connectivity index (χ1) is 13.5. The number of aromatic nitrogens is 3. The minimum Gasteiger partial charge on any atom is -0.480 e. The normalized spacial score (nSPS) is 11.6. The van der Waals surface area contributed by atoms with E-state index in [0.717, 1.165) is 11.3 Å². The Morgan fingerprint density at radius 1 is 1.11 bits per heavy atom. The molecule has 1 aromatic carbocycles. The molecule has 2 heterocycles. The van der Waals surface area contributed by atoms with Gasteiger partial charge in [0.2, 0.25) is 5.95 Å². The number of carboxylic acids is 1. The number of nitrogens with zero attached hydrogens (tertiary/aromatic N) is 2. The molecule has 0 saturated carbocycles. The lowest BCUT2D eigenvalue weighted by Gasteiger charge is -2.16. The molecule has 0 aliphatic heterocycles. The van der Waals surface area contributed by atoms with E-state index in [1.54, 1.807) is 6.20 Å². The number of carboxylic acid groups (broad SMARTS) is 1. The highest BCUT2D eigenvalue weighted by Crippen LogP contribution is 2.22. The van der Waals surface area contributed by atoms with Gasteiger partial charge in [0.25, 0.3) is 5.91 Å². The number of H-pyrrole nitrogens is 1. The predicted molar refractivity (Wildman–Crippen MR) is 106 cm³/mol. The summed E-state index contributed by atoms with van der Waals surface area (Å²) < 4.78 is 0. The fourth-order valence-corrected chi connectivity index (χ4v) is 2.97. The van der Waals surface area contributed by atoms with Crippen molar-refractivity contribution in [2.75, 3.05) is 11.9 Å². The smallest absolute Gasteiger partial charge is 0.328 e. The van der Waals surface area contributed by atoms with Crippen LogP contribution in [-0.4, -0.2) is 44.5 Å². The van der Waals surface area contributed by atoms with Gasteiger partial charge in [-0.1, -0.05) is 53.5 Å². The van der Waals surface area contributed by atoms with Crippen LogP contribution >= 0.6 is 23.2 Å². The minimum absolute atomic E-state index is 0.0284. The van der Waals surface area contributed by atoms with Crippen LogP contribution in [0.15, 0.2) is 48.9 Å². The summed E-state index contributed by atoms with van der Waals surface area (Å²) in [5.41, 5.74) is 1.68. The van der Waals surface area contributed by atoms with E-state index in [1.807, 2.05) is 30.3 Å². The summed E-state index contributed by atoms with van der Waals surface area (Å²) in [5.74, 6) is -1.56. The first-order valence-corrected chi connectivity index (χ1v) is 8.88. The molecular formula is C18H15Cl2N5O3. The van der Waals surface area contributed by atoms with E-state index in [9.17, 15) is 14.7 Å². The van der Waals surface area contributed by atoms with Gasteiger partial charge in [-0.3, -0.25) is 9.78 Å². The topological polar surface area (TPSA) is 120 Å². The molecule has 0 aliphatic rings. The van der Waals surface area contributed by atoms with Gasteiger partial charge in [-0.15, -0.1) is 0 Å². The summed E-state index contributed by atoms with van der Waals surface area (Å²) >= 11 is 11.9. The molecule has 4 N–H and O–H groups in total. The number of hydrogen-bond donors (Lipinski definition) is 4. The molecule has 8 nitrogen and oxygen atoms in total. The second kappa shape index (κ2) is 8.73. The third-order valence-electron chi connectivity index (χ3n) is 3.82. The van der Waals surface area contributed by atoms with Crippen molar-refractivity contribution in [2.24, 2.45) is 0 Å². The van der Waals surface area contributed by atoms with E-state index < -0.39 is 17.9 Å². The number of aliphatic carboxylic acids is 1. The van der Waals surface area contributed by atoms with E-state index in [2.05, 4.69) is 25.6 Å². The maximum Gasteiger partial charge on any atom is 0.328 e. The van der Waals surface area contributed by atoms with Crippen molar-refractivity contribution in [1.82, 2.24) is 20.3 Å². The average Bonchev–Trinajstić information content (AvgIpc) is 3.14.